The van der Waals surface area contributed by atoms with E-state index < -0.39 is 0 Å². The minimum atomic E-state index is -0.229. The Balaban J connectivity index is 2.41. The maximum Gasteiger partial charge on any atom is 0.129 e. The van der Waals surface area contributed by atoms with Gasteiger partial charge in [-0.1, -0.05) is 6.92 Å². The Morgan fingerprint density at radius 1 is 1.62 bits per heavy atom. The van der Waals surface area contributed by atoms with Crippen molar-refractivity contribution < 1.29 is 9.15 Å². The van der Waals surface area contributed by atoms with E-state index in [1.807, 2.05) is 19.1 Å². The summed E-state index contributed by atoms with van der Waals surface area (Å²) in [5, 5.41) is 0. The maximum atomic E-state index is 5.65. The van der Waals surface area contributed by atoms with E-state index in [1.165, 1.54) is 0 Å². The van der Waals surface area contributed by atoms with Crippen LogP contribution in [0.25, 0.3) is 0 Å². The van der Waals surface area contributed by atoms with E-state index in [9.17, 15) is 0 Å². The fourth-order valence-corrected chi connectivity index (χ4v) is 0.945. The summed E-state index contributed by atoms with van der Waals surface area (Å²) in [6.07, 6.45) is 2.55. The quantitative estimate of drug-likeness (QED) is 0.758. The van der Waals surface area contributed by atoms with E-state index >= 15 is 0 Å². The monoisotopic (exact) mass is 183 g/mol. The summed E-state index contributed by atoms with van der Waals surface area (Å²) in [6, 6.07) is 3.75. The van der Waals surface area contributed by atoms with Crippen molar-refractivity contribution in [3.8, 4) is 0 Å². The SMILES string of the molecule is CCC(C)(CN)OCc1ccco1. The Bertz CT molecular complexity index is 227. The van der Waals surface area contributed by atoms with Gasteiger partial charge in [0.15, 0.2) is 0 Å². The fourth-order valence-electron chi connectivity index (χ4n) is 0.945. The molecule has 0 aliphatic rings. The van der Waals surface area contributed by atoms with Crippen LogP contribution in [0.1, 0.15) is 26.0 Å². The van der Waals surface area contributed by atoms with Crippen molar-refractivity contribution in [1.29, 1.82) is 0 Å². The van der Waals surface area contributed by atoms with Crippen molar-refractivity contribution in [2.24, 2.45) is 5.73 Å². The van der Waals surface area contributed by atoms with Crippen LogP contribution < -0.4 is 5.73 Å². The van der Waals surface area contributed by atoms with Gasteiger partial charge in [0.05, 0.1) is 11.9 Å². The summed E-state index contributed by atoms with van der Waals surface area (Å²) < 4.78 is 10.8. The van der Waals surface area contributed by atoms with Crippen molar-refractivity contribution in [2.75, 3.05) is 6.54 Å². The molecule has 0 saturated heterocycles. The third-order valence-electron chi connectivity index (χ3n) is 2.32. The number of ether oxygens (including phenoxy) is 1. The van der Waals surface area contributed by atoms with E-state index in [0.717, 1.165) is 12.2 Å². The van der Waals surface area contributed by atoms with Gasteiger partial charge in [-0.05, 0) is 25.5 Å². The third kappa shape index (κ3) is 2.86. The summed E-state index contributed by atoms with van der Waals surface area (Å²) >= 11 is 0. The highest BCUT2D eigenvalue weighted by molar-refractivity contribution is 4.96. The number of nitrogens with two attached hydrogens (primary N) is 1. The van der Waals surface area contributed by atoms with Gasteiger partial charge >= 0.3 is 0 Å². The lowest BCUT2D eigenvalue weighted by molar-refractivity contribution is -0.0452. The largest absolute Gasteiger partial charge is 0.467 e. The molecular formula is C10H17NO2. The standard InChI is InChI=1S/C10H17NO2/c1-3-10(2,8-11)13-7-9-5-4-6-12-9/h4-6H,3,7-8,11H2,1-2H3. The minimum Gasteiger partial charge on any atom is -0.467 e. The van der Waals surface area contributed by atoms with Gasteiger partial charge in [-0.3, -0.25) is 0 Å². The first-order chi connectivity index (χ1) is 6.20. The van der Waals surface area contributed by atoms with Crippen LogP contribution in [0, 0.1) is 0 Å². The van der Waals surface area contributed by atoms with E-state index in [0.29, 0.717) is 13.2 Å². The lowest BCUT2D eigenvalue weighted by Crippen LogP contribution is -2.36. The van der Waals surface area contributed by atoms with Gasteiger partial charge in [0, 0.05) is 6.54 Å². The van der Waals surface area contributed by atoms with Crippen LogP contribution in [-0.2, 0) is 11.3 Å². The second-order valence-electron chi connectivity index (χ2n) is 3.38. The number of rotatable bonds is 5. The van der Waals surface area contributed by atoms with E-state index in [1.54, 1.807) is 6.26 Å². The summed E-state index contributed by atoms with van der Waals surface area (Å²) in [7, 11) is 0. The molecule has 1 aromatic heterocycles. The molecule has 1 rings (SSSR count). The van der Waals surface area contributed by atoms with Crippen LogP contribution in [0.3, 0.4) is 0 Å². The molecule has 0 bridgehead atoms. The molecule has 3 nitrogen and oxygen atoms in total. The topological polar surface area (TPSA) is 48.4 Å². The predicted octanol–water partition coefficient (Wildman–Crippen LogP) is 1.92. The second kappa shape index (κ2) is 4.44. The molecule has 1 unspecified atom stereocenters. The molecule has 3 heteroatoms. The van der Waals surface area contributed by atoms with Crippen molar-refractivity contribution in [3.05, 3.63) is 24.2 Å². The molecule has 74 valence electrons. The molecule has 2 N–H and O–H groups in total. The zero-order valence-corrected chi connectivity index (χ0v) is 8.25. The Kier molecular flexibility index (Phi) is 3.51. The summed E-state index contributed by atoms with van der Waals surface area (Å²) in [6.45, 7) is 5.10. The highest BCUT2D eigenvalue weighted by Gasteiger charge is 2.20. The van der Waals surface area contributed by atoms with Gasteiger partial charge in [-0.15, -0.1) is 0 Å². The smallest absolute Gasteiger partial charge is 0.129 e. The molecule has 1 aromatic rings. The minimum absolute atomic E-state index is 0.229. The lowest BCUT2D eigenvalue weighted by Gasteiger charge is -2.26. The van der Waals surface area contributed by atoms with Crippen LogP contribution in [0.15, 0.2) is 22.8 Å². The third-order valence-corrected chi connectivity index (χ3v) is 2.32. The molecule has 0 aromatic carbocycles. The van der Waals surface area contributed by atoms with Crippen molar-refractivity contribution in [3.63, 3.8) is 0 Å². The average Bonchev–Trinajstić information content (AvgIpc) is 2.67. The molecule has 0 aliphatic heterocycles. The van der Waals surface area contributed by atoms with E-state index in [4.69, 9.17) is 14.9 Å². The van der Waals surface area contributed by atoms with Gasteiger partial charge in [0.25, 0.3) is 0 Å². The zero-order chi connectivity index (χ0) is 9.73. The first-order valence-electron chi connectivity index (χ1n) is 4.56. The molecule has 0 saturated carbocycles. The van der Waals surface area contributed by atoms with Gasteiger partial charge in [-0.25, -0.2) is 0 Å². The molecule has 0 spiro atoms. The van der Waals surface area contributed by atoms with Gasteiger partial charge in [0.1, 0.15) is 12.4 Å². The summed E-state index contributed by atoms with van der Waals surface area (Å²) in [5.74, 6) is 0.841. The number of hydrogen-bond acceptors (Lipinski definition) is 3. The highest BCUT2D eigenvalue weighted by Crippen LogP contribution is 2.16. The summed E-state index contributed by atoms with van der Waals surface area (Å²) in [4.78, 5) is 0. The van der Waals surface area contributed by atoms with Gasteiger partial charge < -0.3 is 14.9 Å². The Morgan fingerprint density at radius 2 is 2.38 bits per heavy atom. The van der Waals surface area contributed by atoms with Gasteiger partial charge in [-0.2, -0.15) is 0 Å². The molecular weight excluding hydrogens is 166 g/mol. The van der Waals surface area contributed by atoms with Crippen LogP contribution >= 0.6 is 0 Å². The Morgan fingerprint density at radius 3 is 2.85 bits per heavy atom. The highest BCUT2D eigenvalue weighted by atomic mass is 16.5. The van der Waals surface area contributed by atoms with Crippen LogP contribution in [0.5, 0.6) is 0 Å². The van der Waals surface area contributed by atoms with E-state index in [2.05, 4.69) is 6.92 Å². The maximum absolute atomic E-state index is 5.65. The molecule has 13 heavy (non-hydrogen) atoms. The Labute approximate surface area is 78.9 Å². The first kappa shape index (κ1) is 10.3. The van der Waals surface area contributed by atoms with Crippen molar-refractivity contribution in [1.82, 2.24) is 0 Å². The van der Waals surface area contributed by atoms with Gasteiger partial charge in [0.2, 0.25) is 0 Å². The van der Waals surface area contributed by atoms with Crippen LogP contribution in [0.4, 0.5) is 0 Å². The predicted molar refractivity (Wildman–Crippen MR) is 51.2 cm³/mol. The average molecular weight is 183 g/mol. The van der Waals surface area contributed by atoms with E-state index in [-0.39, 0.29) is 5.60 Å². The van der Waals surface area contributed by atoms with Crippen molar-refractivity contribution in [2.45, 2.75) is 32.5 Å². The molecule has 1 atom stereocenters. The first-order valence-corrected chi connectivity index (χ1v) is 4.56. The lowest BCUT2D eigenvalue weighted by atomic mass is 10.0. The molecule has 0 amide bonds. The normalized spacial score (nSPS) is 15.6. The van der Waals surface area contributed by atoms with Crippen LogP contribution in [-0.4, -0.2) is 12.1 Å². The number of furan rings is 1. The Hall–Kier alpha value is -0.800. The molecule has 0 radical (unpaired) electrons. The molecule has 0 fully saturated rings. The second-order valence-corrected chi connectivity index (χ2v) is 3.38. The summed E-state index contributed by atoms with van der Waals surface area (Å²) in [5.41, 5.74) is 5.37. The fraction of sp³-hybridized carbons (Fsp3) is 0.600. The molecule has 0 aliphatic carbocycles. The van der Waals surface area contributed by atoms with Crippen LogP contribution in [0.2, 0.25) is 0 Å². The van der Waals surface area contributed by atoms with Crippen molar-refractivity contribution >= 4 is 0 Å². The molecule has 1 heterocycles. The number of hydrogen-bond donors (Lipinski definition) is 1. The zero-order valence-electron chi connectivity index (χ0n) is 8.25.